The lowest BCUT2D eigenvalue weighted by Crippen LogP contribution is -2.14. The molecule has 0 saturated heterocycles. The third-order valence-corrected chi connectivity index (χ3v) is 4.75. The second-order valence-corrected chi connectivity index (χ2v) is 7.18. The van der Waals surface area contributed by atoms with Crippen molar-refractivity contribution in [3.8, 4) is 0 Å². The van der Waals surface area contributed by atoms with E-state index in [2.05, 4.69) is 35.5 Å². The van der Waals surface area contributed by atoms with Crippen LogP contribution in [-0.2, 0) is 11.3 Å². The van der Waals surface area contributed by atoms with Crippen molar-refractivity contribution >= 4 is 23.4 Å². The van der Waals surface area contributed by atoms with Crippen molar-refractivity contribution in [2.24, 2.45) is 0 Å². The lowest BCUT2D eigenvalue weighted by Gasteiger charge is -2.08. The summed E-state index contributed by atoms with van der Waals surface area (Å²) in [6.45, 7) is 2.73. The van der Waals surface area contributed by atoms with Crippen LogP contribution in [0.15, 0.2) is 97.2 Å². The Balaban J connectivity index is 1.55. The minimum absolute atomic E-state index is 0.189. The molecule has 0 unspecified atom stereocenters. The molecule has 1 amide bonds. The molecule has 148 valence electrons. The van der Waals surface area contributed by atoms with Crippen molar-refractivity contribution in [1.82, 2.24) is 9.78 Å². The van der Waals surface area contributed by atoms with Crippen LogP contribution in [0.4, 0.5) is 5.82 Å². The van der Waals surface area contributed by atoms with Gasteiger partial charge in [0.15, 0.2) is 5.82 Å². The van der Waals surface area contributed by atoms with Gasteiger partial charge in [0.25, 0.3) is 5.91 Å². The molecule has 4 rings (SSSR count). The van der Waals surface area contributed by atoms with Gasteiger partial charge < -0.3 is 5.32 Å². The van der Waals surface area contributed by atoms with Crippen LogP contribution in [0.3, 0.4) is 0 Å². The van der Waals surface area contributed by atoms with E-state index in [-0.39, 0.29) is 5.91 Å². The largest absolute Gasteiger partial charge is 0.305 e. The van der Waals surface area contributed by atoms with E-state index in [0.717, 1.165) is 11.1 Å². The highest BCUT2D eigenvalue weighted by atomic mass is 16.1. The number of hydrogen-bond donors (Lipinski definition) is 1. The first kappa shape index (κ1) is 19.4. The summed E-state index contributed by atoms with van der Waals surface area (Å²) in [4.78, 5) is 13.1. The number of amides is 1. The zero-order valence-corrected chi connectivity index (χ0v) is 16.8. The fourth-order valence-corrected chi connectivity index (χ4v) is 3.31. The van der Waals surface area contributed by atoms with Crippen molar-refractivity contribution in [2.45, 2.75) is 13.5 Å². The molecule has 0 radical (unpaired) electrons. The fraction of sp³-hybridized carbons (Fsp3) is 0.0769. The summed E-state index contributed by atoms with van der Waals surface area (Å²) >= 11 is 0. The van der Waals surface area contributed by atoms with Gasteiger partial charge in [-0.25, -0.2) is 0 Å². The quantitative estimate of drug-likeness (QED) is 0.351. The van der Waals surface area contributed by atoms with Gasteiger partial charge in [0, 0.05) is 17.8 Å². The van der Waals surface area contributed by atoms with Crippen molar-refractivity contribution in [3.63, 3.8) is 0 Å². The predicted molar refractivity (Wildman–Crippen MR) is 122 cm³/mol. The minimum Gasteiger partial charge on any atom is -0.305 e. The molecule has 0 aliphatic rings. The molecule has 0 spiro atoms. The molecule has 0 atom stereocenters. The summed E-state index contributed by atoms with van der Waals surface area (Å²) in [6, 6.07) is 29.6. The Hall–Kier alpha value is -3.92. The maximum absolute atomic E-state index is 13.1. The van der Waals surface area contributed by atoms with E-state index in [4.69, 9.17) is 0 Å². The van der Waals surface area contributed by atoms with Gasteiger partial charge in [0.05, 0.1) is 6.54 Å². The number of nitrogens with zero attached hydrogens (tertiary/aromatic N) is 2. The van der Waals surface area contributed by atoms with Gasteiger partial charge in [-0.1, -0.05) is 90.5 Å². The Morgan fingerprint density at radius 3 is 2.40 bits per heavy atom. The van der Waals surface area contributed by atoms with Gasteiger partial charge in [-0.2, -0.15) is 5.10 Å². The Kier molecular flexibility index (Phi) is 5.85. The number of rotatable bonds is 6. The summed E-state index contributed by atoms with van der Waals surface area (Å²) in [5.41, 5.74) is 4.81. The highest BCUT2D eigenvalue weighted by Gasteiger charge is 2.14. The molecule has 4 aromatic rings. The highest BCUT2D eigenvalue weighted by molar-refractivity contribution is 6.29. The highest BCUT2D eigenvalue weighted by Crippen LogP contribution is 2.20. The summed E-state index contributed by atoms with van der Waals surface area (Å²) in [6.07, 6.45) is 3.77. The first-order chi connectivity index (χ1) is 14.7. The summed E-state index contributed by atoms with van der Waals surface area (Å²) in [5.74, 6) is 0.341. The van der Waals surface area contributed by atoms with E-state index >= 15 is 0 Å². The van der Waals surface area contributed by atoms with E-state index in [1.54, 1.807) is 0 Å². The molecule has 0 fully saturated rings. The SMILES string of the molecule is Cc1cccc(Cn2ccc(NC(=O)/C(=C\c3ccccc3)c3ccccc3)n2)c1. The first-order valence-electron chi connectivity index (χ1n) is 9.90. The van der Waals surface area contributed by atoms with Crippen LogP contribution in [-0.4, -0.2) is 15.7 Å². The van der Waals surface area contributed by atoms with Crippen LogP contribution < -0.4 is 5.32 Å². The van der Waals surface area contributed by atoms with Gasteiger partial charge in [0.1, 0.15) is 0 Å². The standard InChI is InChI=1S/C26H23N3O/c1-20-9-8-12-22(17-20)19-29-16-15-25(28-29)27-26(30)24(23-13-6-3-7-14-23)18-21-10-4-2-5-11-21/h2-18H,19H2,1H3,(H,27,28,30)/b24-18-. The Labute approximate surface area is 176 Å². The monoisotopic (exact) mass is 393 g/mol. The summed E-state index contributed by atoms with van der Waals surface area (Å²) in [5, 5.41) is 7.45. The number of carbonyl (C=O) groups is 1. The maximum atomic E-state index is 13.1. The van der Waals surface area contributed by atoms with Crippen molar-refractivity contribution in [3.05, 3.63) is 119 Å². The second kappa shape index (κ2) is 9.05. The molecule has 0 aliphatic carbocycles. The molecule has 4 nitrogen and oxygen atoms in total. The smallest absolute Gasteiger partial charge is 0.257 e. The molecule has 0 bridgehead atoms. The molecule has 0 saturated carbocycles. The Morgan fingerprint density at radius 2 is 1.67 bits per heavy atom. The van der Waals surface area contributed by atoms with Crippen LogP contribution >= 0.6 is 0 Å². The lowest BCUT2D eigenvalue weighted by atomic mass is 10.0. The topological polar surface area (TPSA) is 46.9 Å². The number of benzene rings is 3. The molecule has 30 heavy (non-hydrogen) atoms. The molecule has 1 N–H and O–H groups in total. The molecule has 3 aromatic carbocycles. The zero-order chi connectivity index (χ0) is 20.8. The number of anilines is 1. The summed E-state index contributed by atoms with van der Waals surface area (Å²) in [7, 11) is 0. The zero-order valence-electron chi connectivity index (χ0n) is 16.8. The molecule has 4 heteroatoms. The number of aryl methyl sites for hydroxylation is 1. The average Bonchev–Trinajstić information content (AvgIpc) is 3.20. The molecule has 1 heterocycles. The Bertz CT molecular complexity index is 1160. The van der Waals surface area contributed by atoms with Crippen LogP contribution in [0.5, 0.6) is 0 Å². The third kappa shape index (κ3) is 4.92. The van der Waals surface area contributed by atoms with Gasteiger partial charge in [-0.3, -0.25) is 9.48 Å². The van der Waals surface area contributed by atoms with Gasteiger partial charge in [-0.15, -0.1) is 0 Å². The van der Waals surface area contributed by atoms with E-state index in [0.29, 0.717) is 17.9 Å². The van der Waals surface area contributed by atoms with E-state index in [1.165, 1.54) is 11.1 Å². The molecular weight excluding hydrogens is 370 g/mol. The third-order valence-electron chi connectivity index (χ3n) is 4.75. The van der Waals surface area contributed by atoms with Gasteiger partial charge >= 0.3 is 0 Å². The van der Waals surface area contributed by atoms with Gasteiger partial charge in [0.2, 0.25) is 0 Å². The average molecular weight is 393 g/mol. The minimum atomic E-state index is -0.189. The van der Waals surface area contributed by atoms with Gasteiger partial charge in [-0.05, 0) is 29.7 Å². The van der Waals surface area contributed by atoms with Crippen LogP contribution in [0.25, 0.3) is 11.6 Å². The second-order valence-electron chi connectivity index (χ2n) is 7.18. The number of nitrogens with one attached hydrogen (secondary N) is 1. The van der Waals surface area contributed by atoms with E-state index in [9.17, 15) is 4.79 Å². The fourth-order valence-electron chi connectivity index (χ4n) is 3.31. The van der Waals surface area contributed by atoms with Crippen LogP contribution in [0.1, 0.15) is 22.3 Å². The summed E-state index contributed by atoms with van der Waals surface area (Å²) < 4.78 is 1.83. The van der Waals surface area contributed by atoms with Crippen molar-refractivity contribution in [1.29, 1.82) is 0 Å². The number of aromatic nitrogens is 2. The predicted octanol–water partition coefficient (Wildman–Crippen LogP) is 5.42. The maximum Gasteiger partial charge on any atom is 0.257 e. The van der Waals surface area contributed by atoms with E-state index < -0.39 is 0 Å². The van der Waals surface area contributed by atoms with Crippen molar-refractivity contribution < 1.29 is 4.79 Å². The molecule has 1 aromatic heterocycles. The number of hydrogen-bond acceptors (Lipinski definition) is 2. The van der Waals surface area contributed by atoms with Crippen molar-refractivity contribution in [2.75, 3.05) is 5.32 Å². The van der Waals surface area contributed by atoms with Crippen LogP contribution in [0.2, 0.25) is 0 Å². The molecular formula is C26H23N3O. The first-order valence-corrected chi connectivity index (χ1v) is 9.90. The number of carbonyl (C=O) groups excluding carboxylic acids is 1. The van der Waals surface area contributed by atoms with Crippen LogP contribution in [0, 0.1) is 6.92 Å². The van der Waals surface area contributed by atoms with E-state index in [1.807, 2.05) is 89.8 Å². The molecule has 0 aliphatic heterocycles. The lowest BCUT2D eigenvalue weighted by molar-refractivity contribution is -0.111. The normalized spacial score (nSPS) is 11.3. The Morgan fingerprint density at radius 1 is 0.933 bits per heavy atom.